The molecule has 1 aliphatic heterocycles. The van der Waals surface area contributed by atoms with E-state index >= 15 is 0 Å². The van der Waals surface area contributed by atoms with Crippen LogP contribution in [0.1, 0.15) is 46.7 Å². The summed E-state index contributed by atoms with van der Waals surface area (Å²) in [7, 11) is -3.90. The first-order valence-corrected chi connectivity index (χ1v) is 11.9. The fourth-order valence-corrected chi connectivity index (χ4v) is 5.18. The fraction of sp³-hybridized carbons (Fsp3) is 0.737. The smallest absolute Gasteiger partial charge is 0.396 e. The van der Waals surface area contributed by atoms with Gasteiger partial charge in [0.1, 0.15) is 23.7 Å². The van der Waals surface area contributed by atoms with Gasteiger partial charge in [0, 0.05) is 0 Å². The van der Waals surface area contributed by atoms with Crippen molar-refractivity contribution in [3.05, 3.63) is 12.2 Å². The van der Waals surface area contributed by atoms with Gasteiger partial charge in [-0.15, -0.1) is 0 Å². The maximum absolute atomic E-state index is 13.0. The Morgan fingerprint density at radius 2 is 1.91 bits per heavy atom. The molecule has 0 radical (unpaired) electrons. The normalized spacial score (nSPS) is 26.6. The molecule has 13 heteroatoms. The summed E-state index contributed by atoms with van der Waals surface area (Å²) in [4.78, 5) is 12.8. The topological polar surface area (TPSA) is 164 Å². The summed E-state index contributed by atoms with van der Waals surface area (Å²) in [5.41, 5.74) is 5.60. The van der Waals surface area contributed by atoms with E-state index in [4.69, 9.17) is 24.0 Å². The molecule has 0 aromatic carbocycles. The van der Waals surface area contributed by atoms with Crippen molar-refractivity contribution in [3.8, 4) is 0 Å². The van der Waals surface area contributed by atoms with E-state index in [2.05, 4.69) is 15.0 Å². The zero-order chi connectivity index (χ0) is 23.8. The quantitative estimate of drug-likeness (QED) is 0.456. The van der Waals surface area contributed by atoms with E-state index in [9.17, 15) is 14.8 Å². The van der Waals surface area contributed by atoms with E-state index in [1.807, 2.05) is 0 Å². The molecule has 1 fully saturated rings. The molecular formula is C19H32N5O7P. The molecule has 2 aromatic rings. The number of hydrogen-bond acceptors (Lipinski definition) is 11. The van der Waals surface area contributed by atoms with Gasteiger partial charge in [-0.05, 0) is 34.6 Å². The van der Waals surface area contributed by atoms with Gasteiger partial charge in [0.05, 0.1) is 43.3 Å². The average Bonchev–Trinajstić information content (AvgIpc) is 3.19. The van der Waals surface area contributed by atoms with Gasteiger partial charge in [0.2, 0.25) is 0 Å². The zero-order valence-corrected chi connectivity index (χ0v) is 20.0. The molecule has 180 valence electrons. The second-order valence-electron chi connectivity index (χ2n) is 8.67. The monoisotopic (exact) mass is 473 g/mol. The van der Waals surface area contributed by atoms with Crippen LogP contribution < -0.4 is 5.73 Å². The van der Waals surface area contributed by atoms with Crippen LogP contribution in [0, 0.1) is 12.3 Å². The lowest BCUT2D eigenvalue weighted by atomic mass is 9.83. The van der Waals surface area contributed by atoms with Crippen molar-refractivity contribution in [2.45, 2.75) is 72.2 Å². The molecule has 12 nitrogen and oxygen atoms in total. The number of nitrogens with zero attached hydrogens (tertiary/aromatic N) is 4. The number of fused-ring (bicyclic) bond motifs is 1. The van der Waals surface area contributed by atoms with Gasteiger partial charge >= 0.3 is 7.82 Å². The van der Waals surface area contributed by atoms with Crippen molar-refractivity contribution < 1.29 is 33.1 Å². The van der Waals surface area contributed by atoms with Crippen LogP contribution in [-0.2, 0) is 22.9 Å². The molecule has 32 heavy (non-hydrogen) atoms. The van der Waals surface area contributed by atoms with Crippen molar-refractivity contribution in [3.63, 3.8) is 0 Å². The molecular weight excluding hydrogens is 441 g/mol. The molecule has 0 spiro atoms. The second kappa shape index (κ2) is 9.30. The third-order valence-corrected chi connectivity index (χ3v) is 6.95. The Morgan fingerprint density at radius 1 is 1.28 bits per heavy atom. The lowest BCUT2D eigenvalue weighted by Gasteiger charge is -2.31. The fourth-order valence-electron chi connectivity index (χ4n) is 3.64. The second-order valence-corrected chi connectivity index (χ2v) is 10.2. The number of hydrogen-bond donors (Lipinski definition) is 3. The first-order chi connectivity index (χ1) is 14.9. The standard InChI is InChI=1S/C19H32N5O7P/c1-10(2)30-32(27,31-11(3)4)28-7-13-15(26)19(6,8-25)18(29-13)24-9-21-14-16(20)22-12(5)23-17(14)24/h9-11,13,15,18,25-26H,7-8H2,1-6H3,(H2,20,22,23)/t13-,15+,18-,19?/m1/s1. The summed E-state index contributed by atoms with van der Waals surface area (Å²) in [6.45, 7) is 9.50. The van der Waals surface area contributed by atoms with Crippen LogP contribution in [0.5, 0.6) is 0 Å². The molecule has 0 aliphatic carbocycles. The van der Waals surface area contributed by atoms with Gasteiger partial charge in [0.25, 0.3) is 0 Å². The van der Waals surface area contributed by atoms with Crippen LogP contribution in [0.2, 0.25) is 0 Å². The number of rotatable bonds is 9. The molecule has 4 N–H and O–H groups in total. The molecule has 3 heterocycles. The zero-order valence-electron chi connectivity index (χ0n) is 19.1. The molecule has 3 rings (SSSR count). The van der Waals surface area contributed by atoms with Crippen molar-refractivity contribution in [1.29, 1.82) is 0 Å². The van der Waals surface area contributed by atoms with E-state index in [1.54, 1.807) is 46.1 Å². The summed E-state index contributed by atoms with van der Waals surface area (Å²) in [6, 6.07) is 0. The lowest BCUT2D eigenvalue weighted by Crippen LogP contribution is -2.41. The third kappa shape index (κ3) is 4.81. The van der Waals surface area contributed by atoms with Crippen molar-refractivity contribution in [2.24, 2.45) is 5.41 Å². The summed E-state index contributed by atoms with van der Waals surface area (Å²) in [5, 5.41) is 21.1. The Morgan fingerprint density at radius 3 is 2.47 bits per heavy atom. The summed E-state index contributed by atoms with van der Waals surface area (Å²) >= 11 is 0. The predicted octanol–water partition coefficient (Wildman–Crippen LogP) is 1.95. The Kier molecular flexibility index (Phi) is 7.26. The number of aryl methyl sites for hydroxylation is 1. The lowest BCUT2D eigenvalue weighted by molar-refractivity contribution is -0.0616. The Labute approximate surface area is 186 Å². The number of phosphoric ester groups is 1. The van der Waals surface area contributed by atoms with Gasteiger partial charge in [-0.25, -0.2) is 19.5 Å². The minimum Gasteiger partial charge on any atom is -0.396 e. The average molecular weight is 473 g/mol. The van der Waals surface area contributed by atoms with Crippen LogP contribution in [-0.4, -0.2) is 67.4 Å². The van der Waals surface area contributed by atoms with Crippen LogP contribution in [0.3, 0.4) is 0 Å². The number of ether oxygens (including phenoxy) is 1. The molecule has 0 saturated carbocycles. The highest BCUT2D eigenvalue weighted by Crippen LogP contribution is 2.53. The van der Waals surface area contributed by atoms with Gasteiger partial charge in [-0.2, -0.15) is 0 Å². The minimum atomic E-state index is -3.90. The molecule has 1 aliphatic rings. The highest BCUT2D eigenvalue weighted by atomic mass is 31.2. The van der Waals surface area contributed by atoms with Crippen LogP contribution >= 0.6 is 7.82 Å². The summed E-state index contributed by atoms with van der Waals surface area (Å²) in [6.07, 6.45) is -2.30. The Balaban J connectivity index is 1.88. The SMILES string of the molecule is Cc1nc(N)c2ncn([C@@H]3O[C@H](COP(=O)(OC(C)C)OC(C)C)[C@H](O)C3(C)CO)c2n1. The van der Waals surface area contributed by atoms with Gasteiger partial charge in [-0.3, -0.25) is 18.1 Å². The molecule has 0 bridgehead atoms. The largest absolute Gasteiger partial charge is 0.475 e. The van der Waals surface area contributed by atoms with Crippen molar-refractivity contribution >= 4 is 24.8 Å². The molecule has 0 amide bonds. The molecule has 1 unspecified atom stereocenters. The van der Waals surface area contributed by atoms with Crippen molar-refractivity contribution in [1.82, 2.24) is 19.5 Å². The predicted molar refractivity (Wildman–Crippen MR) is 116 cm³/mol. The number of nitrogen functional groups attached to an aromatic ring is 1. The number of aromatic nitrogens is 4. The van der Waals surface area contributed by atoms with Gasteiger partial charge in [0.15, 0.2) is 11.5 Å². The highest BCUT2D eigenvalue weighted by Gasteiger charge is 2.54. The first-order valence-electron chi connectivity index (χ1n) is 10.4. The van der Waals surface area contributed by atoms with E-state index in [0.29, 0.717) is 17.0 Å². The minimum absolute atomic E-state index is 0.216. The van der Waals surface area contributed by atoms with E-state index in [1.165, 1.54) is 6.33 Å². The highest BCUT2D eigenvalue weighted by molar-refractivity contribution is 7.48. The summed E-state index contributed by atoms with van der Waals surface area (Å²) < 4.78 is 36.9. The van der Waals surface area contributed by atoms with Crippen LogP contribution in [0.25, 0.3) is 11.2 Å². The number of aliphatic hydroxyl groups is 2. The van der Waals surface area contributed by atoms with E-state index in [0.717, 1.165) is 0 Å². The molecule has 2 aromatic heterocycles. The van der Waals surface area contributed by atoms with Crippen LogP contribution in [0.4, 0.5) is 5.82 Å². The maximum atomic E-state index is 13.0. The first kappa shape index (κ1) is 25.0. The number of phosphoric acid groups is 1. The van der Waals surface area contributed by atoms with E-state index in [-0.39, 0.29) is 12.4 Å². The van der Waals surface area contributed by atoms with Gasteiger partial charge < -0.3 is 20.7 Å². The number of aliphatic hydroxyl groups excluding tert-OH is 2. The van der Waals surface area contributed by atoms with Gasteiger partial charge in [-0.1, -0.05) is 6.92 Å². The molecule has 1 saturated heterocycles. The number of anilines is 1. The summed E-state index contributed by atoms with van der Waals surface area (Å²) in [5.74, 6) is 0.659. The maximum Gasteiger partial charge on any atom is 0.475 e. The van der Waals surface area contributed by atoms with Crippen molar-refractivity contribution in [2.75, 3.05) is 18.9 Å². The third-order valence-electron chi connectivity index (χ3n) is 5.13. The number of imidazole rings is 1. The Bertz CT molecular complexity index is 986. The Hall–Kier alpha value is -1.66. The van der Waals surface area contributed by atoms with Crippen LogP contribution in [0.15, 0.2) is 6.33 Å². The number of nitrogens with two attached hydrogens (primary N) is 1. The van der Waals surface area contributed by atoms with E-state index < -0.39 is 50.5 Å². The molecule has 4 atom stereocenters.